The average Bonchev–Trinajstić information content (AvgIpc) is 2.84. The number of aromatic nitrogens is 2. The number of nitrogens with one attached hydrogen (secondary N) is 1. The van der Waals surface area contributed by atoms with Gasteiger partial charge in [0.1, 0.15) is 5.65 Å². The van der Waals surface area contributed by atoms with Crippen LogP contribution in [0.4, 0.5) is 0 Å². The Labute approximate surface area is 125 Å². The van der Waals surface area contributed by atoms with Crippen LogP contribution in [0, 0.1) is 6.92 Å². The zero-order valence-corrected chi connectivity index (χ0v) is 12.5. The number of piperidine rings is 1. The molecule has 0 bridgehead atoms. The number of aryl methyl sites for hydroxylation is 1. The fraction of sp³-hybridized carbons (Fsp3) is 0.500. The van der Waals surface area contributed by atoms with Gasteiger partial charge in [0.05, 0.1) is 17.9 Å². The second kappa shape index (κ2) is 6.26. The molecule has 1 aliphatic rings. The lowest BCUT2D eigenvalue weighted by molar-refractivity contribution is -0.131. The van der Waals surface area contributed by atoms with E-state index < -0.39 is 0 Å². The molecule has 1 fully saturated rings. The van der Waals surface area contributed by atoms with Crippen LogP contribution in [-0.2, 0) is 11.3 Å². The van der Waals surface area contributed by atoms with E-state index in [0.717, 1.165) is 43.0 Å². The second-order valence-corrected chi connectivity index (χ2v) is 5.62. The third kappa shape index (κ3) is 3.08. The van der Waals surface area contributed by atoms with Crippen molar-refractivity contribution in [1.82, 2.24) is 19.6 Å². The fourth-order valence-electron chi connectivity index (χ4n) is 2.92. The van der Waals surface area contributed by atoms with E-state index in [9.17, 15) is 4.79 Å². The molecule has 1 saturated heterocycles. The molecule has 0 aromatic carbocycles. The normalized spacial score (nSPS) is 15.6. The first-order chi connectivity index (χ1) is 10.3. The van der Waals surface area contributed by atoms with E-state index in [0.29, 0.717) is 13.1 Å². The van der Waals surface area contributed by atoms with Crippen LogP contribution in [0.15, 0.2) is 24.4 Å². The molecule has 5 nitrogen and oxygen atoms in total. The second-order valence-electron chi connectivity index (χ2n) is 5.62. The molecule has 112 valence electrons. The fourth-order valence-corrected chi connectivity index (χ4v) is 2.92. The maximum atomic E-state index is 12.1. The summed E-state index contributed by atoms with van der Waals surface area (Å²) in [5.74, 6) is 0.209. The van der Waals surface area contributed by atoms with Crippen molar-refractivity contribution < 1.29 is 4.79 Å². The highest BCUT2D eigenvalue weighted by molar-refractivity contribution is 5.78. The number of pyridine rings is 1. The highest BCUT2D eigenvalue weighted by Crippen LogP contribution is 2.11. The van der Waals surface area contributed by atoms with Crippen LogP contribution < -0.4 is 5.32 Å². The molecular formula is C16H22N4O. The minimum Gasteiger partial charge on any atom is -0.342 e. The van der Waals surface area contributed by atoms with Crippen LogP contribution in [0.5, 0.6) is 0 Å². The quantitative estimate of drug-likeness (QED) is 0.931. The predicted octanol–water partition coefficient (Wildman–Crippen LogP) is 1.74. The maximum absolute atomic E-state index is 12.1. The van der Waals surface area contributed by atoms with Gasteiger partial charge in [-0.15, -0.1) is 0 Å². The number of imidazole rings is 1. The first-order valence-corrected chi connectivity index (χ1v) is 7.67. The molecule has 2 aromatic rings. The summed E-state index contributed by atoms with van der Waals surface area (Å²) in [4.78, 5) is 18.6. The Hall–Kier alpha value is -1.88. The van der Waals surface area contributed by atoms with E-state index >= 15 is 0 Å². The summed E-state index contributed by atoms with van der Waals surface area (Å²) in [6, 6.07) is 5.98. The number of fused-ring (bicyclic) bond motifs is 1. The monoisotopic (exact) mass is 286 g/mol. The van der Waals surface area contributed by atoms with E-state index in [-0.39, 0.29) is 5.91 Å². The molecule has 0 radical (unpaired) electrons. The van der Waals surface area contributed by atoms with Crippen molar-refractivity contribution in [2.24, 2.45) is 0 Å². The van der Waals surface area contributed by atoms with Gasteiger partial charge in [0, 0.05) is 25.8 Å². The van der Waals surface area contributed by atoms with Crippen LogP contribution in [0.3, 0.4) is 0 Å². The lowest BCUT2D eigenvalue weighted by Crippen LogP contribution is -2.41. The van der Waals surface area contributed by atoms with Gasteiger partial charge in [-0.1, -0.05) is 6.07 Å². The summed E-state index contributed by atoms with van der Waals surface area (Å²) in [6.45, 7) is 4.90. The molecule has 2 aromatic heterocycles. The number of hydrogen-bond donors (Lipinski definition) is 1. The standard InChI is InChI=1S/C16H22N4O/c1-13-14(20-10-6-3-7-15(20)18-13)11-17-12-16(21)19-8-4-2-5-9-19/h3,6-7,10,17H,2,4-5,8-9,11-12H2,1H3. The van der Waals surface area contributed by atoms with Gasteiger partial charge in [-0.2, -0.15) is 0 Å². The summed E-state index contributed by atoms with van der Waals surface area (Å²) in [5.41, 5.74) is 3.09. The third-order valence-corrected chi connectivity index (χ3v) is 4.11. The molecule has 0 atom stereocenters. The molecule has 1 amide bonds. The van der Waals surface area contributed by atoms with Crippen molar-refractivity contribution in [2.45, 2.75) is 32.7 Å². The van der Waals surface area contributed by atoms with Gasteiger partial charge in [-0.3, -0.25) is 4.79 Å². The number of carbonyl (C=O) groups is 1. The van der Waals surface area contributed by atoms with Crippen molar-refractivity contribution in [3.8, 4) is 0 Å². The molecule has 5 heteroatoms. The van der Waals surface area contributed by atoms with Crippen LogP contribution in [0.25, 0.3) is 5.65 Å². The van der Waals surface area contributed by atoms with Crippen LogP contribution >= 0.6 is 0 Å². The summed E-state index contributed by atoms with van der Waals surface area (Å²) >= 11 is 0. The van der Waals surface area contributed by atoms with Crippen molar-refractivity contribution in [1.29, 1.82) is 0 Å². The molecule has 3 rings (SSSR count). The first-order valence-electron chi connectivity index (χ1n) is 7.67. The van der Waals surface area contributed by atoms with Gasteiger partial charge < -0.3 is 14.6 Å². The number of amides is 1. The van der Waals surface area contributed by atoms with Crippen LogP contribution in [0.2, 0.25) is 0 Å². The highest BCUT2D eigenvalue weighted by atomic mass is 16.2. The van der Waals surface area contributed by atoms with Gasteiger partial charge in [-0.25, -0.2) is 4.98 Å². The van der Waals surface area contributed by atoms with Crippen LogP contribution in [0.1, 0.15) is 30.7 Å². The minimum atomic E-state index is 0.209. The molecular weight excluding hydrogens is 264 g/mol. The maximum Gasteiger partial charge on any atom is 0.236 e. The molecule has 3 heterocycles. The van der Waals surface area contributed by atoms with Gasteiger partial charge >= 0.3 is 0 Å². The number of carbonyl (C=O) groups excluding carboxylic acids is 1. The van der Waals surface area contributed by atoms with E-state index in [1.807, 2.05) is 36.2 Å². The Morgan fingerprint density at radius 3 is 2.90 bits per heavy atom. The summed E-state index contributed by atoms with van der Waals surface area (Å²) in [5, 5.41) is 3.27. The Kier molecular flexibility index (Phi) is 4.20. The Morgan fingerprint density at radius 2 is 2.10 bits per heavy atom. The zero-order chi connectivity index (χ0) is 14.7. The lowest BCUT2D eigenvalue weighted by atomic mass is 10.1. The smallest absolute Gasteiger partial charge is 0.236 e. The van der Waals surface area contributed by atoms with E-state index in [1.54, 1.807) is 0 Å². The number of rotatable bonds is 4. The third-order valence-electron chi connectivity index (χ3n) is 4.11. The van der Waals surface area contributed by atoms with E-state index in [2.05, 4.69) is 14.7 Å². The van der Waals surface area contributed by atoms with Gasteiger partial charge in [-0.05, 0) is 38.3 Å². The molecule has 0 saturated carbocycles. The molecule has 21 heavy (non-hydrogen) atoms. The molecule has 1 aliphatic heterocycles. The molecule has 0 spiro atoms. The van der Waals surface area contributed by atoms with E-state index in [4.69, 9.17) is 0 Å². The first kappa shape index (κ1) is 14.1. The van der Waals surface area contributed by atoms with Crippen molar-refractivity contribution in [3.63, 3.8) is 0 Å². The number of nitrogens with zero attached hydrogens (tertiary/aromatic N) is 3. The zero-order valence-electron chi connectivity index (χ0n) is 12.5. The number of hydrogen-bond acceptors (Lipinski definition) is 3. The topological polar surface area (TPSA) is 49.6 Å². The summed E-state index contributed by atoms with van der Waals surface area (Å²) < 4.78 is 2.08. The average molecular weight is 286 g/mol. The van der Waals surface area contributed by atoms with Gasteiger partial charge in [0.15, 0.2) is 0 Å². The van der Waals surface area contributed by atoms with Crippen LogP contribution in [-0.4, -0.2) is 39.8 Å². The molecule has 0 unspecified atom stereocenters. The Bertz CT molecular complexity index is 628. The molecule has 0 aliphatic carbocycles. The van der Waals surface area contributed by atoms with Crippen molar-refractivity contribution in [2.75, 3.05) is 19.6 Å². The molecule has 1 N–H and O–H groups in total. The highest BCUT2D eigenvalue weighted by Gasteiger charge is 2.16. The predicted molar refractivity (Wildman–Crippen MR) is 82.1 cm³/mol. The SMILES string of the molecule is Cc1nc2ccccn2c1CNCC(=O)N1CCCCC1. The lowest BCUT2D eigenvalue weighted by Gasteiger charge is -2.26. The Balaban J connectivity index is 1.59. The summed E-state index contributed by atoms with van der Waals surface area (Å²) in [7, 11) is 0. The van der Waals surface area contributed by atoms with E-state index in [1.165, 1.54) is 6.42 Å². The van der Waals surface area contributed by atoms with Gasteiger partial charge in [0.25, 0.3) is 0 Å². The largest absolute Gasteiger partial charge is 0.342 e. The number of likely N-dealkylation sites (tertiary alicyclic amines) is 1. The summed E-state index contributed by atoms with van der Waals surface area (Å²) in [6.07, 6.45) is 5.53. The minimum absolute atomic E-state index is 0.209. The van der Waals surface area contributed by atoms with Gasteiger partial charge in [0.2, 0.25) is 5.91 Å². The van der Waals surface area contributed by atoms with Crippen molar-refractivity contribution in [3.05, 3.63) is 35.8 Å². The Morgan fingerprint density at radius 1 is 1.29 bits per heavy atom. The van der Waals surface area contributed by atoms with Crippen molar-refractivity contribution >= 4 is 11.6 Å².